The van der Waals surface area contributed by atoms with Gasteiger partial charge in [-0.15, -0.1) is 0 Å². The van der Waals surface area contributed by atoms with Crippen LogP contribution in [0, 0.1) is 5.92 Å². The monoisotopic (exact) mass is 457 g/mol. The smallest absolute Gasteiger partial charge is 0.323 e. The second kappa shape index (κ2) is 9.76. The largest absolute Gasteiger partial charge is 0.330 e. The summed E-state index contributed by atoms with van der Waals surface area (Å²) in [6.45, 7) is 13.3. The van der Waals surface area contributed by atoms with E-state index in [4.69, 9.17) is 0 Å². The molecule has 3 rings (SSSR count). The van der Waals surface area contributed by atoms with Crippen molar-refractivity contribution in [2.24, 2.45) is 5.92 Å². The van der Waals surface area contributed by atoms with Crippen molar-refractivity contribution in [1.82, 2.24) is 28.9 Å². The number of nitrogens with zero attached hydrogens (tertiary/aromatic N) is 5. The number of H-pyrrole nitrogens is 1. The first-order chi connectivity index (χ1) is 15.5. The van der Waals surface area contributed by atoms with Crippen molar-refractivity contribution in [2.45, 2.75) is 85.9 Å². The van der Waals surface area contributed by atoms with Crippen molar-refractivity contribution in [3.63, 3.8) is 0 Å². The summed E-state index contributed by atoms with van der Waals surface area (Å²) in [5.41, 5.74) is 0.346. The molecule has 33 heavy (non-hydrogen) atoms. The highest BCUT2D eigenvalue weighted by Gasteiger charge is 2.20. The van der Waals surface area contributed by atoms with Gasteiger partial charge in [-0.05, 0) is 33.1 Å². The van der Waals surface area contributed by atoms with Crippen LogP contribution in [0.2, 0.25) is 0 Å². The number of imidazole rings is 1. The number of anilines is 1. The summed E-state index contributed by atoms with van der Waals surface area (Å²) in [7, 11) is 0. The molecule has 0 aliphatic rings. The van der Waals surface area contributed by atoms with Crippen LogP contribution in [-0.2, 0) is 29.8 Å². The van der Waals surface area contributed by atoms with Gasteiger partial charge < -0.3 is 9.88 Å². The molecule has 0 radical (unpaired) electrons. The second-order valence-electron chi connectivity index (χ2n) is 9.86. The minimum Gasteiger partial charge on any atom is -0.323 e. The summed E-state index contributed by atoms with van der Waals surface area (Å²) in [4.78, 5) is 44.8. The van der Waals surface area contributed by atoms with Gasteiger partial charge in [-0.2, -0.15) is 5.10 Å². The van der Waals surface area contributed by atoms with Crippen molar-refractivity contribution in [3.8, 4) is 0 Å². The van der Waals surface area contributed by atoms with E-state index in [1.165, 1.54) is 4.57 Å². The Balaban J connectivity index is 1.87. The molecule has 0 unspecified atom stereocenters. The van der Waals surface area contributed by atoms with Gasteiger partial charge in [0.25, 0.3) is 5.56 Å². The Morgan fingerprint density at radius 3 is 2.55 bits per heavy atom. The number of hydrogen-bond donors (Lipinski definition) is 2. The van der Waals surface area contributed by atoms with Gasteiger partial charge in [0.05, 0.1) is 17.4 Å². The number of nitrogens with one attached hydrogen (secondary N) is 2. The molecule has 0 aromatic carbocycles. The van der Waals surface area contributed by atoms with Gasteiger partial charge in [0.15, 0.2) is 11.2 Å². The summed E-state index contributed by atoms with van der Waals surface area (Å²) >= 11 is 0. The number of amides is 1. The van der Waals surface area contributed by atoms with E-state index in [1.807, 2.05) is 32.3 Å². The summed E-state index contributed by atoms with van der Waals surface area (Å²) in [6.07, 6.45) is 5.69. The molecule has 10 nitrogen and oxygen atoms in total. The third-order valence-corrected chi connectivity index (χ3v) is 5.38. The van der Waals surface area contributed by atoms with E-state index in [0.717, 1.165) is 12.8 Å². The maximum Gasteiger partial charge on any atom is 0.330 e. The number of aromatic nitrogens is 6. The zero-order chi connectivity index (χ0) is 24.3. The Kier molecular flexibility index (Phi) is 7.24. The summed E-state index contributed by atoms with van der Waals surface area (Å²) in [5.74, 6) is 0.720. The van der Waals surface area contributed by atoms with Crippen LogP contribution in [0.5, 0.6) is 0 Å². The highest BCUT2D eigenvalue weighted by Crippen LogP contribution is 2.18. The lowest BCUT2D eigenvalue weighted by atomic mass is 10.1. The minimum absolute atomic E-state index is 0.163. The molecule has 0 saturated carbocycles. The third-order valence-electron chi connectivity index (χ3n) is 5.38. The highest BCUT2D eigenvalue weighted by atomic mass is 16.2. The number of carbonyl (C=O) groups is 1. The molecule has 3 aromatic rings. The average molecular weight is 458 g/mol. The molecule has 0 aliphatic carbocycles. The normalized spacial score (nSPS) is 12.1. The van der Waals surface area contributed by atoms with E-state index in [0.29, 0.717) is 42.2 Å². The third kappa shape index (κ3) is 5.61. The zero-order valence-electron chi connectivity index (χ0n) is 20.4. The first kappa shape index (κ1) is 24.5. The number of unbranched alkanes of at least 4 members (excludes halogenated alkanes) is 1. The van der Waals surface area contributed by atoms with Gasteiger partial charge in [0, 0.05) is 32.1 Å². The van der Waals surface area contributed by atoms with Crippen LogP contribution in [0.25, 0.3) is 11.2 Å². The molecule has 3 heterocycles. The van der Waals surface area contributed by atoms with Gasteiger partial charge in [-0.1, -0.05) is 27.2 Å². The van der Waals surface area contributed by atoms with Crippen LogP contribution in [-0.4, -0.2) is 34.8 Å². The van der Waals surface area contributed by atoms with Crippen LogP contribution >= 0.6 is 0 Å². The average Bonchev–Trinajstić information content (AvgIpc) is 3.31. The fourth-order valence-corrected chi connectivity index (χ4v) is 3.70. The molecule has 0 bridgehead atoms. The highest BCUT2D eigenvalue weighted by molar-refractivity contribution is 5.90. The Hall–Kier alpha value is -3.17. The van der Waals surface area contributed by atoms with Crippen molar-refractivity contribution >= 4 is 22.8 Å². The summed E-state index contributed by atoms with van der Waals surface area (Å²) in [6, 6.07) is 0. The first-order valence-electron chi connectivity index (χ1n) is 11.6. The van der Waals surface area contributed by atoms with Crippen LogP contribution in [0.1, 0.15) is 66.6 Å². The molecule has 1 amide bonds. The zero-order valence-corrected chi connectivity index (χ0v) is 20.4. The number of aryl methyl sites for hydroxylation is 2. The molecule has 2 N–H and O–H groups in total. The molecule has 0 fully saturated rings. The quantitative estimate of drug-likeness (QED) is 0.512. The lowest BCUT2D eigenvalue weighted by Gasteiger charge is -2.18. The molecular weight excluding hydrogens is 422 g/mol. The summed E-state index contributed by atoms with van der Waals surface area (Å²) in [5, 5.41) is 7.18. The molecule has 180 valence electrons. The number of aromatic amines is 1. The van der Waals surface area contributed by atoms with Crippen molar-refractivity contribution < 1.29 is 4.79 Å². The van der Waals surface area contributed by atoms with Crippen molar-refractivity contribution in [1.29, 1.82) is 0 Å². The maximum atomic E-state index is 12.7. The van der Waals surface area contributed by atoms with E-state index < -0.39 is 11.2 Å². The van der Waals surface area contributed by atoms with Crippen molar-refractivity contribution in [2.75, 3.05) is 5.32 Å². The Morgan fingerprint density at radius 2 is 1.94 bits per heavy atom. The van der Waals surface area contributed by atoms with Gasteiger partial charge in [-0.25, -0.2) is 9.78 Å². The molecule has 3 aromatic heterocycles. The minimum atomic E-state index is -0.449. The van der Waals surface area contributed by atoms with E-state index in [9.17, 15) is 14.4 Å². The van der Waals surface area contributed by atoms with E-state index in [2.05, 4.69) is 34.2 Å². The first-order valence-corrected chi connectivity index (χ1v) is 11.6. The van der Waals surface area contributed by atoms with Crippen molar-refractivity contribution in [3.05, 3.63) is 39.1 Å². The second-order valence-corrected chi connectivity index (χ2v) is 9.86. The maximum absolute atomic E-state index is 12.7. The van der Waals surface area contributed by atoms with E-state index in [1.54, 1.807) is 17.1 Å². The molecule has 0 atom stereocenters. The number of fused-ring (bicyclic) bond motifs is 1. The summed E-state index contributed by atoms with van der Waals surface area (Å²) < 4.78 is 5.18. The Labute approximate surface area is 193 Å². The predicted molar refractivity (Wildman–Crippen MR) is 129 cm³/mol. The molecule has 0 spiro atoms. The standard InChI is InChI=1S/C23H35N7O3/c1-7-8-11-28-20-19(21(32)27-22(28)33)29(13-15(2)3)17(26-20)9-10-18(31)25-16-12-24-30(14-16)23(4,5)6/h12,14-15H,7-11,13H2,1-6H3,(H,25,31)(H,27,32,33). The molecular formula is C23H35N7O3. The van der Waals surface area contributed by atoms with Crippen LogP contribution in [0.4, 0.5) is 5.69 Å². The van der Waals surface area contributed by atoms with Crippen LogP contribution in [0.15, 0.2) is 22.0 Å². The molecule has 10 heteroatoms. The molecule has 0 saturated heterocycles. The van der Waals surface area contributed by atoms with Gasteiger partial charge in [-0.3, -0.25) is 23.8 Å². The molecule has 0 aliphatic heterocycles. The topological polar surface area (TPSA) is 120 Å². The SMILES string of the molecule is CCCCn1c(=O)[nH]c(=O)c2c1nc(CCC(=O)Nc1cnn(C(C)(C)C)c1)n2CC(C)C. The fourth-order valence-electron chi connectivity index (χ4n) is 3.70. The fraction of sp³-hybridized carbons (Fsp3) is 0.609. The predicted octanol–water partition coefficient (Wildman–Crippen LogP) is 2.87. The lowest BCUT2D eigenvalue weighted by molar-refractivity contribution is -0.116. The van der Waals surface area contributed by atoms with E-state index >= 15 is 0 Å². The van der Waals surface area contributed by atoms with E-state index in [-0.39, 0.29) is 23.8 Å². The number of rotatable bonds is 9. The Morgan fingerprint density at radius 1 is 1.21 bits per heavy atom. The van der Waals surface area contributed by atoms with Crippen LogP contribution < -0.4 is 16.6 Å². The van der Waals surface area contributed by atoms with Gasteiger partial charge >= 0.3 is 5.69 Å². The van der Waals surface area contributed by atoms with Crippen LogP contribution in [0.3, 0.4) is 0 Å². The lowest BCUT2D eigenvalue weighted by Crippen LogP contribution is -2.31. The van der Waals surface area contributed by atoms with Gasteiger partial charge in [0.1, 0.15) is 5.82 Å². The number of hydrogen-bond acceptors (Lipinski definition) is 5. The Bertz CT molecular complexity index is 1240. The van der Waals surface area contributed by atoms with Gasteiger partial charge in [0.2, 0.25) is 5.91 Å². The number of carbonyl (C=O) groups excluding carboxylic acids is 1.